The van der Waals surface area contributed by atoms with Gasteiger partial charge in [0.2, 0.25) is 5.78 Å². The van der Waals surface area contributed by atoms with Gasteiger partial charge in [-0.2, -0.15) is 5.01 Å². The Morgan fingerprint density at radius 2 is 1.51 bits per heavy atom. The van der Waals surface area contributed by atoms with Gasteiger partial charge >= 0.3 is 12.2 Å². The highest BCUT2D eigenvalue weighted by Gasteiger charge is 2.64. The second-order valence-electron chi connectivity index (χ2n) is 12.4. The molecule has 0 unspecified atom stereocenters. The Kier molecular flexibility index (Phi) is 9.01. The van der Waals surface area contributed by atoms with E-state index >= 15 is 0 Å². The molecular formula is C36H33N3O12. The van der Waals surface area contributed by atoms with Gasteiger partial charge in [-0.25, -0.2) is 15.0 Å². The van der Waals surface area contributed by atoms with Crippen molar-refractivity contribution in [3.8, 4) is 5.75 Å². The second-order valence-corrected chi connectivity index (χ2v) is 12.4. The number of carbonyl (C=O) groups is 5. The third-order valence-electron chi connectivity index (χ3n) is 9.50. The molecule has 3 amide bonds. The molecule has 0 fully saturated rings. The normalized spacial score (nSPS) is 23.8. The molecule has 3 aromatic carbocycles. The van der Waals surface area contributed by atoms with E-state index in [1.807, 2.05) is 0 Å². The van der Waals surface area contributed by atoms with Gasteiger partial charge in [0.05, 0.1) is 17.4 Å². The number of aliphatic hydroxyl groups excluding tert-OH is 3. The Hall–Kier alpha value is -6.19. The fraction of sp³-hybridized carbons (Fsp3) is 0.250. The summed E-state index contributed by atoms with van der Waals surface area (Å²) in [4.78, 5) is 66.4. The lowest BCUT2D eigenvalue weighted by Gasteiger charge is -2.50. The number of nitrogens with one attached hydrogen (secondary N) is 1. The van der Waals surface area contributed by atoms with Crippen LogP contribution in [0.3, 0.4) is 0 Å². The lowest BCUT2D eigenvalue weighted by atomic mass is 9.56. The molecule has 0 saturated heterocycles. The number of hydrazine groups is 1. The molecule has 0 saturated carbocycles. The number of phenolic OH excluding ortho intramolecular Hbond substituents is 1. The molecule has 0 radical (unpaired) electrons. The first-order chi connectivity index (χ1) is 24.3. The number of nitrogens with two attached hydrogens (primary N) is 1. The Balaban J connectivity index is 1.43. The van der Waals surface area contributed by atoms with Gasteiger partial charge in [0.25, 0.3) is 5.91 Å². The molecule has 0 aliphatic heterocycles. The zero-order valence-corrected chi connectivity index (χ0v) is 27.0. The minimum Gasteiger partial charge on any atom is -0.511 e. The van der Waals surface area contributed by atoms with Crippen LogP contribution in [0.5, 0.6) is 5.75 Å². The maximum atomic E-state index is 14.2. The number of primary amides is 1. The van der Waals surface area contributed by atoms with Crippen molar-refractivity contribution < 1.29 is 59.0 Å². The van der Waals surface area contributed by atoms with Crippen LogP contribution in [0, 0.1) is 11.8 Å². The van der Waals surface area contributed by atoms with Gasteiger partial charge in [-0.15, -0.1) is 0 Å². The van der Waals surface area contributed by atoms with Crippen LogP contribution < -0.4 is 16.2 Å². The van der Waals surface area contributed by atoms with Crippen LogP contribution in [0.15, 0.2) is 95.5 Å². The SMILES string of the molecule is C[C@H]1c2c(N(NC(=O)OCc3ccccc3)C(=O)OCc3ccccc3)ccc(O)c2C(=O)C2=C(O)[C@]3(O)C(=O)C(C(N)=O)=C(O)C[C@@H]3[C@@H](O)[C@@H]21. The fourth-order valence-electron chi connectivity index (χ4n) is 7.08. The van der Waals surface area contributed by atoms with Crippen molar-refractivity contribution in [2.75, 3.05) is 5.01 Å². The molecule has 8 N–H and O–H groups in total. The van der Waals surface area contributed by atoms with Gasteiger partial charge in [0.15, 0.2) is 11.4 Å². The number of allylic oxidation sites excluding steroid dienone is 1. The summed E-state index contributed by atoms with van der Waals surface area (Å²) in [5, 5.41) is 56.9. The summed E-state index contributed by atoms with van der Waals surface area (Å²) in [7, 11) is 0. The number of Topliss-reactive ketones (excluding diaryl/α,β-unsaturated/α-hetero) is 2. The number of nitrogens with zero attached hydrogens (tertiary/aromatic N) is 1. The van der Waals surface area contributed by atoms with Gasteiger partial charge in [-0.05, 0) is 34.7 Å². The summed E-state index contributed by atoms with van der Waals surface area (Å²) in [5.74, 6) is -10.8. The topological polar surface area (TPSA) is 246 Å². The Bertz CT molecular complexity index is 2010. The molecule has 3 aromatic rings. The number of hydrogen-bond acceptors (Lipinski definition) is 12. The van der Waals surface area contributed by atoms with Crippen LogP contribution >= 0.6 is 0 Å². The van der Waals surface area contributed by atoms with Crippen molar-refractivity contribution in [3.63, 3.8) is 0 Å². The minimum atomic E-state index is -3.03. The fourth-order valence-corrected chi connectivity index (χ4v) is 7.08. The summed E-state index contributed by atoms with van der Waals surface area (Å²) in [6.45, 7) is 1.08. The number of rotatable bonds is 6. The number of carbonyl (C=O) groups excluding carboxylic acids is 5. The molecule has 15 nitrogen and oxygen atoms in total. The third-order valence-corrected chi connectivity index (χ3v) is 9.50. The molecule has 51 heavy (non-hydrogen) atoms. The minimum absolute atomic E-state index is 0.0780. The lowest BCUT2D eigenvalue weighted by molar-refractivity contribution is -0.154. The summed E-state index contributed by atoms with van der Waals surface area (Å²) in [6, 6.07) is 19.6. The Morgan fingerprint density at radius 1 is 0.922 bits per heavy atom. The Labute approximate surface area is 289 Å². The van der Waals surface area contributed by atoms with Gasteiger partial charge < -0.3 is 40.7 Å². The molecule has 15 heteroatoms. The van der Waals surface area contributed by atoms with E-state index in [1.54, 1.807) is 60.7 Å². The first-order valence-corrected chi connectivity index (χ1v) is 15.8. The van der Waals surface area contributed by atoms with E-state index < -0.39 is 99.5 Å². The first-order valence-electron chi connectivity index (χ1n) is 15.8. The van der Waals surface area contributed by atoms with Crippen LogP contribution in [0.2, 0.25) is 0 Å². The van der Waals surface area contributed by atoms with Gasteiger partial charge in [0.1, 0.15) is 36.1 Å². The molecule has 3 aliphatic rings. The van der Waals surface area contributed by atoms with Crippen LogP contribution in [0.1, 0.15) is 46.3 Å². The first kappa shape index (κ1) is 34.7. The van der Waals surface area contributed by atoms with E-state index in [9.17, 15) is 49.5 Å². The largest absolute Gasteiger partial charge is 0.511 e. The van der Waals surface area contributed by atoms with E-state index in [1.165, 1.54) is 13.0 Å². The van der Waals surface area contributed by atoms with Crippen LogP contribution in [-0.4, -0.2) is 66.9 Å². The third kappa shape index (κ3) is 5.81. The van der Waals surface area contributed by atoms with Crippen molar-refractivity contribution in [1.82, 2.24) is 5.43 Å². The van der Waals surface area contributed by atoms with Gasteiger partial charge in [-0.1, -0.05) is 67.6 Å². The van der Waals surface area contributed by atoms with Gasteiger partial charge in [0, 0.05) is 23.8 Å². The zero-order chi connectivity index (χ0) is 36.8. The number of benzene rings is 3. The van der Waals surface area contributed by atoms with Crippen molar-refractivity contribution in [2.24, 2.45) is 17.6 Å². The summed E-state index contributed by atoms with van der Waals surface area (Å²) < 4.78 is 10.8. The number of phenols is 1. The molecule has 6 rings (SSSR count). The van der Waals surface area contributed by atoms with Crippen molar-refractivity contribution in [2.45, 2.75) is 44.2 Å². The number of amides is 3. The van der Waals surface area contributed by atoms with Crippen molar-refractivity contribution in [3.05, 3.63) is 118 Å². The van der Waals surface area contributed by atoms with E-state index in [4.69, 9.17) is 15.2 Å². The predicted molar refractivity (Wildman–Crippen MR) is 176 cm³/mol. The Morgan fingerprint density at radius 3 is 2.10 bits per heavy atom. The zero-order valence-electron chi connectivity index (χ0n) is 27.0. The number of ketones is 2. The van der Waals surface area contributed by atoms with Crippen LogP contribution in [0.4, 0.5) is 15.3 Å². The molecule has 0 heterocycles. The predicted octanol–water partition coefficient (Wildman–Crippen LogP) is 3.10. The molecular weight excluding hydrogens is 666 g/mol. The van der Waals surface area contributed by atoms with Crippen molar-refractivity contribution in [1.29, 1.82) is 0 Å². The number of ether oxygens (including phenoxy) is 2. The molecule has 0 bridgehead atoms. The van der Waals surface area contributed by atoms with Crippen molar-refractivity contribution >= 4 is 35.3 Å². The van der Waals surface area contributed by atoms with Gasteiger partial charge in [-0.3, -0.25) is 14.4 Å². The number of aliphatic hydroxyl groups is 4. The number of aromatic hydroxyl groups is 1. The molecule has 3 aliphatic carbocycles. The van der Waals surface area contributed by atoms with E-state index in [2.05, 4.69) is 5.43 Å². The lowest BCUT2D eigenvalue weighted by Crippen LogP contribution is -2.62. The maximum Gasteiger partial charge on any atom is 0.433 e. The molecule has 5 atom stereocenters. The monoisotopic (exact) mass is 699 g/mol. The standard InChI is InChI=1S/C36H33N3O12/c1-17-24-21(39(35(48)51-16-19-10-6-3-7-11-19)38-34(47)50-15-18-8-4-2-5-9-18)12-13-22(40)26(24)30(43)28-25(17)29(42)20-14-23(41)27(33(37)46)31(44)36(20,49)32(28)45/h2-13,17,20,25,29,40-42,45,49H,14-16H2,1H3,(H2,37,46)(H,38,47)/t17-,20+,25+,29+,36+/m0/s1. The summed E-state index contributed by atoms with van der Waals surface area (Å²) in [6.07, 6.45) is -4.73. The number of fused-ring (bicyclic) bond motifs is 3. The van der Waals surface area contributed by atoms with E-state index in [0.717, 1.165) is 6.07 Å². The van der Waals surface area contributed by atoms with E-state index in [0.29, 0.717) is 16.1 Å². The smallest absolute Gasteiger partial charge is 0.433 e. The molecule has 0 spiro atoms. The molecule has 264 valence electrons. The molecule has 0 aromatic heterocycles. The highest BCUT2D eigenvalue weighted by molar-refractivity contribution is 6.24. The average Bonchev–Trinajstić information content (AvgIpc) is 3.11. The van der Waals surface area contributed by atoms with E-state index in [-0.39, 0.29) is 24.5 Å². The maximum absolute atomic E-state index is 14.2. The number of anilines is 1. The average molecular weight is 700 g/mol. The van der Waals surface area contributed by atoms with Crippen LogP contribution in [-0.2, 0) is 32.3 Å². The quantitative estimate of drug-likeness (QED) is 0.145. The highest BCUT2D eigenvalue weighted by atomic mass is 16.6. The highest BCUT2D eigenvalue weighted by Crippen LogP contribution is 2.56. The second kappa shape index (κ2) is 13.3. The summed E-state index contributed by atoms with van der Waals surface area (Å²) in [5.41, 5.74) is 3.42. The summed E-state index contributed by atoms with van der Waals surface area (Å²) >= 11 is 0. The van der Waals surface area contributed by atoms with Crippen LogP contribution in [0.25, 0.3) is 0 Å². The number of hydrogen-bond donors (Lipinski definition) is 7.